The van der Waals surface area contributed by atoms with Crippen molar-refractivity contribution < 1.29 is 4.79 Å². The molecule has 0 radical (unpaired) electrons. The number of nitrogens with one attached hydrogen (secondary N) is 2. The van der Waals surface area contributed by atoms with Crippen molar-refractivity contribution in [3.05, 3.63) is 81.3 Å². The Morgan fingerprint density at radius 1 is 1.11 bits per heavy atom. The van der Waals surface area contributed by atoms with Gasteiger partial charge in [-0.15, -0.1) is 0 Å². The van der Waals surface area contributed by atoms with Gasteiger partial charge in [0.25, 0.3) is 5.91 Å². The summed E-state index contributed by atoms with van der Waals surface area (Å²) in [6, 6.07) is 14.8. The molecule has 7 heteroatoms. The van der Waals surface area contributed by atoms with Gasteiger partial charge in [-0.3, -0.25) is 4.79 Å². The van der Waals surface area contributed by atoms with E-state index < -0.39 is 0 Å². The van der Waals surface area contributed by atoms with Crippen molar-refractivity contribution in [2.45, 2.75) is 0 Å². The number of carbonyl (C=O) groups excluding carboxylic acids is 1. The van der Waals surface area contributed by atoms with Gasteiger partial charge in [0.05, 0.1) is 10.9 Å². The zero-order valence-corrected chi connectivity index (χ0v) is 16.7. The molecule has 2 aromatic carbocycles. The molecule has 0 bridgehead atoms. The Hall–Kier alpha value is -3.38. The summed E-state index contributed by atoms with van der Waals surface area (Å²) in [5, 5.41) is 3.60. The minimum absolute atomic E-state index is 0.164. The van der Waals surface area contributed by atoms with Crippen molar-refractivity contribution in [2.75, 3.05) is 11.1 Å². The zero-order valence-electron chi connectivity index (χ0n) is 14.5. The van der Waals surface area contributed by atoms with Crippen LogP contribution in [0.3, 0.4) is 0 Å². The van der Waals surface area contributed by atoms with E-state index in [0.717, 1.165) is 14.7 Å². The molecule has 0 saturated heterocycles. The largest absolute Gasteiger partial charge is 0.383 e. The highest BCUT2D eigenvalue weighted by Gasteiger charge is 2.07. The average molecular weight is 479 g/mol. The number of aromatic nitrogens is 3. The Balaban J connectivity index is 1.57. The molecule has 2 aromatic heterocycles. The molecule has 0 spiro atoms. The molecular formula is C21H14IN5O. The summed E-state index contributed by atoms with van der Waals surface area (Å²) >= 11 is 2.20. The third-order valence-electron chi connectivity index (χ3n) is 4.07. The number of rotatable bonds is 2. The fourth-order valence-electron chi connectivity index (χ4n) is 2.70. The third-order valence-corrected chi connectivity index (χ3v) is 4.79. The SMILES string of the molecule is Nc1ncnc2[nH]cc(C#Cc3cccc(NC(=O)c4ccc(I)cc4)c3)c12. The molecule has 1 amide bonds. The number of fused-ring (bicyclic) bond motifs is 1. The predicted molar refractivity (Wildman–Crippen MR) is 118 cm³/mol. The lowest BCUT2D eigenvalue weighted by atomic mass is 10.1. The first-order chi connectivity index (χ1) is 13.6. The molecule has 28 heavy (non-hydrogen) atoms. The van der Waals surface area contributed by atoms with Crippen LogP contribution in [0, 0.1) is 15.4 Å². The van der Waals surface area contributed by atoms with E-state index >= 15 is 0 Å². The Morgan fingerprint density at radius 3 is 2.75 bits per heavy atom. The second kappa shape index (κ2) is 7.70. The van der Waals surface area contributed by atoms with Crippen molar-refractivity contribution >= 4 is 51.0 Å². The smallest absolute Gasteiger partial charge is 0.255 e. The molecule has 4 rings (SSSR count). The van der Waals surface area contributed by atoms with Gasteiger partial charge in [-0.1, -0.05) is 17.9 Å². The molecule has 4 N–H and O–H groups in total. The second-order valence-corrected chi connectivity index (χ2v) is 7.22. The standard InChI is InChI=1S/C21H14IN5O/c22-16-8-6-14(7-9-16)21(28)27-17-3-1-2-13(10-17)4-5-15-11-24-20-18(15)19(23)25-12-26-20/h1-3,6-12H,(H,27,28)(H3,23,24,25,26). The quantitative estimate of drug-likeness (QED) is 0.301. The number of nitrogen functional groups attached to an aromatic ring is 1. The second-order valence-electron chi connectivity index (χ2n) is 5.98. The van der Waals surface area contributed by atoms with E-state index in [1.165, 1.54) is 6.33 Å². The molecule has 0 aliphatic rings. The Kier molecular flexibility index (Phi) is 4.95. The maximum atomic E-state index is 12.4. The van der Waals surface area contributed by atoms with Crippen molar-refractivity contribution in [2.24, 2.45) is 0 Å². The predicted octanol–water partition coefficient (Wildman–Crippen LogP) is 3.80. The number of aromatic amines is 1. The fourth-order valence-corrected chi connectivity index (χ4v) is 3.06. The summed E-state index contributed by atoms with van der Waals surface area (Å²) < 4.78 is 1.08. The van der Waals surface area contributed by atoms with Gasteiger partial charge in [0.15, 0.2) is 0 Å². The molecule has 4 aromatic rings. The Bertz CT molecular complexity index is 1240. The van der Waals surface area contributed by atoms with Crippen LogP contribution in [0.15, 0.2) is 61.1 Å². The number of nitrogens with zero attached hydrogens (tertiary/aromatic N) is 2. The summed E-state index contributed by atoms with van der Waals surface area (Å²) in [6.07, 6.45) is 3.16. The number of anilines is 2. The minimum Gasteiger partial charge on any atom is -0.383 e. The molecule has 0 fully saturated rings. The lowest BCUT2D eigenvalue weighted by Gasteiger charge is -2.05. The lowest BCUT2D eigenvalue weighted by Crippen LogP contribution is -2.11. The van der Waals surface area contributed by atoms with Gasteiger partial charge in [-0.2, -0.15) is 0 Å². The molecule has 6 nitrogen and oxygen atoms in total. The molecule has 136 valence electrons. The maximum absolute atomic E-state index is 12.4. The number of H-pyrrole nitrogens is 1. The van der Waals surface area contributed by atoms with Crippen LogP contribution in [0.25, 0.3) is 11.0 Å². The van der Waals surface area contributed by atoms with Crippen LogP contribution >= 0.6 is 22.6 Å². The molecule has 0 atom stereocenters. The molecule has 0 aliphatic heterocycles. The Morgan fingerprint density at radius 2 is 1.93 bits per heavy atom. The highest BCUT2D eigenvalue weighted by Crippen LogP contribution is 2.20. The van der Waals surface area contributed by atoms with Crippen LogP contribution in [0.4, 0.5) is 11.5 Å². The van der Waals surface area contributed by atoms with E-state index in [0.29, 0.717) is 28.1 Å². The monoisotopic (exact) mass is 479 g/mol. The van der Waals surface area contributed by atoms with Gasteiger partial charge in [0.1, 0.15) is 17.8 Å². The summed E-state index contributed by atoms with van der Waals surface area (Å²) in [5.74, 6) is 6.40. The first-order valence-electron chi connectivity index (χ1n) is 8.37. The van der Waals surface area contributed by atoms with Gasteiger partial charge in [0.2, 0.25) is 0 Å². The molecule has 0 saturated carbocycles. The maximum Gasteiger partial charge on any atom is 0.255 e. The summed E-state index contributed by atoms with van der Waals surface area (Å²) in [5.41, 5.74) is 9.35. The van der Waals surface area contributed by atoms with E-state index in [1.807, 2.05) is 36.4 Å². The normalized spacial score (nSPS) is 10.3. The van der Waals surface area contributed by atoms with Gasteiger partial charge >= 0.3 is 0 Å². The van der Waals surface area contributed by atoms with Crippen LogP contribution in [0.1, 0.15) is 21.5 Å². The van der Waals surface area contributed by atoms with Crippen molar-refractivity contribution in [1.29, 1.82) is 0 Å². The number of hydrogen-bond acceptors (Lipinski definition) is 4. The molecule has 0 unspecified atom stereocenters. The zero-order chi connectivity index (χ0) is 19.5. The number of halogens is 1. The highest BCUT2D eigenvalue weighted by molar-refractivity contribution is 14.1. The van der Waals surface area contributed by atoms with E-state index in [9.17, 15) is 4.79 Å². The summed E-state index contributed by atoms with van der Waals surface area (Å²) in [7, 11) is 0. The first-order valence-corrected chi connectivity index (χ1v) is 9.44. The highest BCUT2D eigenvalue weighted by atomic mass is 127. The van der Waals surface area contributed by atoms with Gasteiger partial charge in [-0.25, -0.2) is 9.97 Å². The van der Waals surface area contributed by atoms with E-state index in [-0.39, 0.29) is 5.91 Å². The Labute approximate surface area is 174 Å². The average Bonchev–Trinajstić information content (AvgIpc) is 3.12. The molecule has 2 heterocycles. The number of carbonyl (C=O) groups is 1. The molecular weight excluding hydrogens is 465 g/mol. The third kappa shape index (κ3) is 3.82. The number of amides is 1. The van der Waals surface area contributed by atoms with Crippen molar-refractivity contribution in [1.82, 2.24) is 15.0 Å². The summed E-state index contributed by atoms with van der Waals surface area (Å²) in [4.78, 5) is 23.6. The van der Waals surface area contributed by atoms with E-state index in [4.69, 9.17) is 5.73 Å². The minimum atomic E-state index is -0.164. The topological polar surface area (TPSA) is 96.7 Å². The fraction of sp³-hybridized carbons (Fsp3) is 0. The van der Waals surface area contributed by atoms with Crippen molar-refractivity contribution in [3.63, 3.8) is 0 Å². The van der Waals surface area contributed by atoms with Crippen LogP contribution < -0.4 is 11.1 Å². The number of hydrogen-bond donors (Lipinski definition) is 3. The van der Waals surface area contributed by atoms with E-state index in [2.05, 4.69) is 54.7 Å². The first kappa shape index (κ1) is 18.0. The van der Waals surface area contributed by atoms with E-state index in [1.54, 1.807) is 18.3 Å². The van der Waals surface area contributed by atoms with Crippen LogP contribution in [0.2, 0.25) is 0 Å². The molecule has 0 aliphatic carbocycles. The van der Waals surface area contributed by atoms with Gasteiger partial charge in [-0.05, 0) is 65.1 Å². The van der Waals surface area contributed by atoms with Crippen LogP contribution in [-0.4, -0.2) is 20.9 Å². The van der Waals surface area contributed by atoms with Crippen LogP contribution in [0.5, 0.6) is 0 Å². The van der Waals surface area contributed by atoms with Gasteiger partial charge in [0, 0.05) is 26.6 Å². The van der Waals surface area contributed by atoms with Gasteiger partial charge < -0.3 is 16.0 Å². The lowest BCUT2D eigenvalue weighted by molar-refractivity contribution is 0.102. The number of nitrogens with two attached hydrogens (primary N) is 1. The van der Waals surface area contributed by atoms with Crippen molar-refractivity contribution in [3.8, 4) is 11.8 Å². The number of benzene rings is 2. The summed E-state index contributed by atoms with van der Waals surface area (Å²) in [6.45, 7) is 0. The van der Waals surface area contributed by atoms with Crippen LogP contribution in [-0.2, 0) is 0 Å².